The standard InChI is InChI=1S/C30H28N2O4/c1-22(33)30(26-4-8-29(9-5-26)36-21-25-12-16-32-17-13-25)19-27(34)18-23-2-6-28(7-3-23)35-20-24-10-14-31-15-11-24/h2-17,30H,18-21H2,1H3. The van der Waals surface area contributed by atoms with Crippen molar-refractivity contribution in [1.29, 1.82) is 0 Å². The van der Waals surface area contributed by atoms with Crippen LogP contribution < -0.4 is 9.47 Å². The van der Waals surface area contributed by atoms with Gasteiger partial charge in [-0.05, 0) is 77.7 Å². The van der Waals surface area contributed by atoms with Gasteiger partial charge in [0.05, 0.1) is 0 Å². The number of rotatable bonds is 12. The molecule has 36 heavy (non-hydrogen) atoms. The zero-order chi connectivity index (χ0) is 25.2. The number of benzene rings is 2. The van der Waals surface area contributed by atoms with Crippen LogP contribution in [0.5, 0.6) is 11.5 Å². The van der Waals surface area contributed by atoms with E-state index in [4.69, 9.17) is 9.47 Å². The highest BCUT2D eigenvalue weighted by atomic mass is 16.5. The second-order valence-electron chi connectivity index (χ2n) is 8.58. The van der Waals surface area contributed by atoms with Crippen molar-refractivity contribution in [2.24, 2.45) is 0 Å². The lowest BCUT2D eigenvalue weighted by Gasteiger charge is -2.15. The maximum Gasteiger partial charge on any atom is 0.138 e. The lowest BCUT2D eigenvalue weighted by molar-refractivity contribution is -0.124. The predicted octanol–water partition coefficient (Wildman–Crippen LogP) is 5.51. The van der Waals surface area contributed by atoms with Gasteiger partial charge in [-0.15, -0.1) is 0 Å². The van der Waals surface area contributed by atoms with Gasteiger partial charge >= 0.3 is 0 Å². The van der Waals surface area contributed by atoms with Crippen molar-refractivity contribution in [2.45, 2.75) is 38.9 Å². The molecule has 6 heteroatoms. The number of carbonyl (C=O) groups is 2. The van der Waals surface area contributed by atoms with Gasteiger partial charge in [-0.3, -0.25) is 19.6 Å². The molecule has 0 bridgehead atoms. The first kappa shape index (κ1) is 24.8. The summed E-state index contributed by atoms with van der Waals surface area (Å²) in [5.41, 5.74) is 3.76. The van der Waals surface area contributed by atoms with Crippen LogP contribution in [0.25, 0.3) is 0 Å². The summed E-state index contributed by atoms with van der Waals surface area (Å²) in [5, 5.41) is 0. The minimum atomic E-state index is -0.477. The molecule has 182 valence electrons. The van der Waals surface area contributed by atoms with E-state index in [0.29, 0.717) is 19.0 Å². The van der Waals surface area contributed by atoms with Crippen LogP contribution in [0.4, 0.5) is 0 Å². The zero-order valence-corrected chi connectivity index (χ0v) is 20.2. The Hall–Kier alpha value is -4.32. The van der Waals surface area contributed by atoms with Crippen molar-refractivity contribution in [3.63, 3.8) is 0 Å². The molecule has 0 spiro atoms. The summed E-state index contributed by atoms with van der Waals surface area (Å²) in [6, 6.07) is 22.5. The number of Topliss-reactive ketones (excluding diaryl/α,β-unsaturated/α-hetero) is 2. The molecule has 0 aliphatic rings. The van der Waals surface area contributed by atoms with Gasteiger partial charge in [0.1, 0.15) is 36.3 Å². The zero-order valence-electron chi connectivity index (χ0n) is 20.2. The van der Waals surface area contributed by atoms with Gasteiger partial charge in [0, 0.05) is 43.5 Å². The van der Waals surface area contributed by atoms with E-state index in [1.807, 2.05) is 72.8 Å². The molecule has 0 aliphatic heterocycles. The smallest absolute Gasteiger partial charge is 0.138 e. The lowest BCUT2D eigenvalue weighted by Crippen LogP contribution is -2.15. The molecular weight excluding hydrogens is 452 g/mol. The molecule has 0 amide bonds. The first-order valence-corrected chi connectivity index (χ1v) is 11.8. The number of hydrogen-bond donors (Lipinski definition) is 0. The van der Waals surface area contributed by atoms with Crippen LogP contribution >= 0.6 is 0 Å². The van der Waals surface area contributed by atoms with Gasteiger partial charge in [0.15, 0.2) is 0 Å². The third-order valence-electron chi connectivity index (χ3n) is 5.84. The Balaban J connectivity index is 1.30. The third kappa shape index (κ3) is 7.34. The maximum atomic E-state index is 12.8. The highest BCUT2D eigenvalue weighted by molar-refractivity contribution is 5.91. The number of nitrogens with zero attached hydrogens (tertiary/aromatic N) is 2. The number of carbonyl (C=O) groups excluding carboxylic acids is 2. The number of ether oxygens (including phenoxy) is 2. The fraction of sp³-hybridized carbons (Fsp3) is 0.200. The van der Waals surface area contributed by atoms with Crippen LogP contribution in [-0.2, 0) is 29.2 Å². The average Bonchev–Trinajstić information content (AvgIpc) is 2.91. The predicted molar refractivity (Wildman–Crippen MR) is 137 cm³/mol. The molecule has 2 aromatic heterocycles. The van der Waals surface area contributed by atoms with Crippen LogP contribution in [0, 0.1) is 0 Å². The molecule has 1 atom stereocenters. The van der Waals surface area contributed by atoms with E-state index in [1.165, 1.54) is 6.92 Å². The highest BCUT2D eigenvalue weighted by Crippen LogP contribution is 2.25. The monoisotopic (exact) mass is 480 g/mol. The first-order chi connectivity index (χ1) is 17.6. The minimum Gasteiger partial charge on any atom is -0.489 e. The Morgan fingerprint density at radius 2 is 1.14 bits per heavy atom. The van der Waals surface area contributed by atoms with Crippen molar-refractivity contribution in [3.05, 3.63) is 120 Å². The Labute approximate surface area is 211 Å². The Bertz CT molecular complexity index is 1260. The normalized spacial score (nSPS) is 11.5. The first-order valence-electron chi connectivity index (χ1n) is 11.8. The number of ketones is 2. The molecule has 4 rings (SSSR count). The molecule has 0 saturated heterocycles. The maximum absolute atomic E-state index is 12.8. The van der Waals surface area contributed by atoms with Crippen LogP contribution in [0.2, 0.25) is 0 Å². The van der Waals surface area contributed by atoms with E-state index in [9.17, 15) is 9.59 Å². The number of aromatic nitrogens is 2. The SMILES string of the molecule is CC(=O)C(CC(=O)Cc1ccc(OCc2ccncc2)cc1)c1ccc(OCc2ccncc2)cc1. The quantitative estimate of drug-likeness (QED) is 0.266. The molecule has 2 heterocycles. The van der Waals surface area contributed by atoms with Crippen LogP contribution in [0.15, 0.2) is 97.6 Å². The van der Waals surface area contributed by atoms with Gasteiger partial charge in [0.25, 0.3) is 0 Å². The summed E-state index contributed by atoms with van der Waals surface area (Å²) in [4.78, 5) is 33.1. The van der Waals surface area contributed by atoms with Crippen molar-refractivity contribution in [1.82, 2.24) is 9.97 Å². The van der Waals surface area contributed by atoms with Crippen molar-refractivity contribution in [3.8, 4) is 11.5 Å². The molecule has 0 N–H and O–H groups in total. The van der Waals surface area contributed by atoms with Gasteiger partial charge in [-0.25, -0.2) is 0 Å². The topological polar surface area (TPSA) is 78.4 Å². The van der Waals surface area contributed by atoms with E-state index >= 15 is 0 Å². The third-order valence-corrected chi connectivity index (χ3v) is 5.84. The molecular formula is C30H28N2O4. The minimum absolute atomic E-state index is 0.0127. The van der Waals surface area contributed by atoms with Gasteiger partial charge in [-0.1, -0.05) is 24.3 Å². The highest BCUT2D eigenvalue weighted by Gasteiger charge is 2.21. The Morgan fingerprint density at radius 3 is 1.61 bits per heavy atom. The molecule has 2 aromatic carbocycles. The summed E-state index contributed by atoms with van der Waals surface area (Å²) >= 11 is 0. The largest absolute Gasteiger partial charge is 0.489 e. The van der Waals surface area contributed by atoms with Crippen molar-refractivity contribution < 1.29 is 19.1 Å². The van der Waals surface area contributed by atoms with Gasteiger partial charge < -0.3 is 9.47 Å². The molecule has 0 radical (unpaired) electrons. The van der Waals surface area contributed by atoms with E-state index in [2.05, 4.69) is 9.97 Å². The van der Waals surface area contributed by atoms with Crippen LogP contribution in [0.3, 0.4) is 0 Å². The van der Waals surface area contributed by atoms with E-state index in [1.54, 1.807) is 24.8 Å². The summed E-state index contributed by atoms with van der Waals surface area (Å²) in [6.45, 7) is 2.42. The van der Waals surface area contributed by atoms with Crippen molar-refractivity contribution in [2.75, 3.05) is 0 Å². The fourth-order valence-corrected chi connectivity index (χ4v) is 3.82. The molecule has 0 saturated carbocycles. The summed E-state index contributed by atoms with van der Waals surface area (Å²) in [7, 11) is 0. The molecule has 0 aliphatic carbocycles. The molecule has 0 fully saturated rings. The molecule has 6 nitrogen and oxygen atoms in total. The van der Waals surface area contributed by atoms with E-state index in [-0.39, 0.29) is 24.4 Å². The Kier molecular flexibility index (Phi) is 8.54. The molecule has 4 aromatic rings. The summed E-state index contributed by atoms with van der Waals surface area (Å²) < 4.78 is 11.6. The fourth-order valence-electron chi connectivity index (χ4n) is 3.82. The lowest BCUT2D eigenvalue weighted by atomic mass is 9.89. The molecule has 1 unspecified atom stereocenters. The van der Waals surface area contributed by atoms with Crippen LogP contribution in [-0.4, -0.2) is 21.5 Å². The summed E-state index contributed by atoms with van der Waals surface area (Å²) in [5.74, 6) is 0.938. The number of pyridine rings is 2. The van der Waals surface area contributed by atoms with Gasteiger partial charge in [0.2, 0.25) is 0 Å². The summed E-state index contributed by atoms with van der Waals surface area (Å²) in [6.07, 6.45) is 7.33. The second-order valence-corrected chi connectivity index (χ2v) is 8.58. The van der Waals surface area contributed by atoms with E-state index < -0.39 is 5.92 Å². The van der Waals surface area contributed by atoms with Gasteiger partial charge in [-0.2, -0.15) is 0 Å². The second kappa shape index (κ2) is 12.4. The number of hydrogen-bond acceptors (Lipinski definition) is 6. The Morgan fingerprint density at radius 1 is 0.667 bits per heavy atom. The van der Waals surface area contributed by atoms with Crippen LogP contribution in [0.1, 0.15) is 41.5 Å². The van der Waals surface area contributed by atoms with Crippen molar-refractivity contribution >= 4 is 11.6 Å². The average molecular weight is 481 g/mol. The van der Waals surface area contributed by atoms with E-state index in [0.717, 1.165) is 28.0 Å².